The second kappa shape index (κ2) is 16.4. The molecule has 1 aromatic carbocycles. The molecular formula is C30H42F2N4O. The Morgan fingerprint density at radius 3 is 2.49 bits per heavy atom. The first-order chi connectivity index (χ1) is 18.0. The standard InChI is InChI=1S/C23H25F2N3.C5H11NO.C2H6/c1-16-23(3-2-10-26-16)28-11-8-22(9-12-28)27-21-6-4-17(5-7-21)18-13-19(24)15-20(25)14-18;1-2-3-4-6-5-7;1-2/h2-7,10,13,15,20,22,26-27H,1,8-9,11-12,14H2;5H,2-4H2,1H3,(H,6,7);1-2H3. The monoisotopic (exact) mass is 512 g/mol. The summed E-state index contributed by atoms with van der Waals surface area (Å²) in [6, 6.07) is 8.26. The molecule has 2 heterocycles. The molecule has 5 nitrogen and oxygen atoms in total. The van der Waals surface area contributed by atoms with Gasteiger partial charge in [0.15, 0.2) is 0 Å². The number of carbonyl (C=O) groups is 1. The Balaban J connectivity index is 0.000000465. The zero-order chi connectivity index (χ0) is 27.0. The maximum Gasteiger partial charge on any atom is 0.207 e. The number of carbonyl (C=O) groups excluding carboxylic acids is 1. The van der Waals surface area contributed by atoms with Crippen molar-refractivity contribution >= 4 is 17.7 Å². The number of halogens is 2. The summed E-state index contributed by atoms with van der Waals surface area (Å²) in [5.74, 6) is -0.496. The zero-order valence-electron chi connectivity index (χ0n) is 22.4. The largest absolute Gasteiger partial charge is 0.382 e. The van der Waals surface area contributed by atoms with E-state index in [0.717, 1.165) is 74.8 Å². The van der Waals surface area contributed by atoms with E-state index in [1.54, 1.807) is 0 Å². The molecule has 0 radical (unpaired) electrons. The van der Waals surface area contributed by atoms with Gasteiger partial charge in [0.1, 0.15) is 12.0 Å². The van der Waals surface area contributed by atoms with Crippen LogP contribution in [-0.2, 0) is 4.79 Å². The van der Waals surface area contributed by atoms with Crippen LogP contribution in [0.15, 0.2) is 78.6 Å². The summed E-state index contributed by atoms with van der Waals surface area (Å²) in [7, 11) is 0. The number of piperidine rings is 1. The molecule has 0 spiro atoms. The average Bonchev–Trinajstić information content (AvgIpc) is 2.91. The number of nitrogens with one attached hydrogen (secondary N) is 3. The molecule has 3 aliphatic rings. The average molecular weight is 513 g/mol. The Bertz CT molecular complexity index is 974. The first-order valence-corrected chi connectivity index (χ1v) is 13.3. The van der Waals surface area contributed by atoms with Crippen molar-refractivity contribution < 1.29 is 13.6 Å². The molecule has 1 fully saturated rings. The topological polar surface area (TPSA) is 56.4 Å². The predicted molar refractivity (Wildman–Crippen MR) is 151 cm³/mol. The number of alkyl halides is 1. The molecule has 3 N–H and O–H groups in total. The highest BCUT2D eigenvalue weighted by molar-refractivity contribution is 5.71. The van der Waals surface area contributed by atoms with E-state index in [4.69, 9.17) is 0 Å². The Morgan fingerprint density at radius 2 is 1.89 bits per heavy atom. The van der Waals surface area contributed by atoms with Crippen LogP contribution in [0.25, 0.3) is 5.57 Å². The maximum atomic E-state index is 13.6. The Labute approximate surface area is 221 Å². The second-order valence-corrected chi connectivity index (χ2v) is 8.88. The van der Waals surface area contributed by atoms with Gasteiger partial charge in [-0.25, -0.2) is 8.78 Å². The van der Waals surface area contributed by atoms with Crippen molar-refractivity contribution in [1.29, 1.82) is 0 Å². The predicted octanol–water partition coefficient (Wildman–Crippen LogP) is 6.61. The number of hydrogen-bond acceptors (Lipinski definition) is 4. The molecule has 2 aliphatic heterocycles. The van der Waals surface area contributed by atoms with E-state index in [-0.39, 0.29) is 6.42 Å². The molecule has 0 saturated carbocycles. The van der Waals surface area contributed by atoms with Crippen LogP contribution in [0.2, 0.25) is 0 Å². The second-order valence-electron chi connectivity index (χ2n) is 8.88. The van der Waals surface area contributed by atoms with E-state index < -0.39 is 12.0 Å². The van der Waals surface area contributed by atoms with Crippen molar-refractivity contribution in [2.75, 3.05) is 25.0 Å². The van der Waals surface area contributed by atoms with Crippen molar-refractivity contribution in [2.24, 2.45) is 0 Å². The molecular weight excluding hydrogens is 470 g/mol. The van der Waals surface area contributed by atoms with Crippen molar-refractivity contribution in [2.45, 2.75) is 65.1 Å². The van der Waals surface area contributed by atoms with Gasteiger partial charge in [0.25, 0.3) is 0 Å². The third kappa shape index (κ3) is 9.90. The van der Waals surface area contributed by atoms with Gasteiger partial charge < -0.3 is 20.9 Å². The molecule has 0 aromatic heterocycles. The minimum atomic E-state index is -1.25. The highest BCUT2D eigenvalue weighted by atomic mass is 19.1. The minimum absolute atomic E-state index is 0.226. The maximum absolute atomic E-state index is 13.6. The Kier molecular flexibility index (Phi) is 13.2. The van der Waals surface area contributed by atoms with Gasteiger partial charge in [-0.15, -0.1) is 0 Å². The van der Waals surface area contributed by atoms with Crippen molar-refractivity contribution in [1.82, 2.24) is 15.5 Å². The summed E-state index contributed by atoms with van der Waals surface area (Å²) in [5.41, 5.74) is 4.73. The van der Waals surface area contributed by atoms with E-state index >= 15 is 0 Å². The summed E-state index contributed by atoms with van der Waals surface area (Å²) in [4.78, 5) is 11.9. The number of anilines is 1. The van der Waals surface area contributed by atoms with Gasteiger partial charge in [0.05, 0.1) is 11.4 Å². The molecule has 37 heavy (non-hydrogen) atoms. The summed E-state index contributed by atoms with van der Waals surface area (Å²) in [6.45, 7) is 12.9. The summed E-state index contributed by atoms with van der Waals surface area (Å²) in [6.07, 6.45) is 12.5. The van der Waals surface area contributed by atoms with Crippen LogP contribution >= 0.6 is 0 Å². The summed E-state index contributed by atoms with van der Waals surface area (Å²) >= 11 is 0. The molecule has 1 unspecified atom stereocenters. The Morgan fingerprint density at radius 1 is 1.19 bits per heavy atom. The van der Waals surface area contributed by atoms with Crippen LogP contribution in [0.3, 0.4) is 0 Å². The molecule has 202 valence electrons. The highest BCUT2D eigenvalue weighted by Gasteiger charge is 2.22. The van der Waals surface area contributed by atoms with Crippen LogP contribution in [0, 0.1) is 0 Å². The number of benzene rings is 1. The summed E-state index contributed by atoms with van der Waals surface area (Å²) in [5, 5.41) is 9.32. The number of rotatable bonds is 8. The third-order valence-corrected chi connectivity index (χ3v) is 6.20. The molecule has 1 saturated heterocycles. The molecule has 1 aromatic rings. The normalized spacial score (nSPS) is 19.1. The van der Waals surface area contributed by atoms with Gasteiger partial charge in [0.2, 0.25) is 6.41 Å². The van der Waals surface area contributed by atoms with Crippen LogP contribution in [-0.4, -0.2) is 43.2 Å². The number of hydrogen-bond donors (Lipinski definition) is 3. The zero-order valence-corrected chi connectivity index (χ0v) is 22.4. The molecule has 1 amide bonds. The first kappa shape index (κ1) is 29.9. The van der Waals surface area contributed by atoms with Gasteiger partial charge in [-0.1, -0.05) is 45.9 Å². The number of amides is 1. The quantitative estimate of drug-likeness (QED) is 0.271. The third-order valence-electron chi connectivity index (χ3n) is 6.20. The van der Waals surface area contributed by atoms with Gasteiger partial charge >= 0.3 is 0 Å². The fraction of sp³-hybridized carbons (Fsp3) is 0.433. The lowest BCUT2D eigenvalue weighted by atomic mass is 9.95. The molecule has 7 heteroatoms. The van der Waals surface area contributed by atoms with Crippen LogP contribution in [0.1, 0.15) is 58.4 Å². The number of allylic oxidation sites excluding steroid dienone is 6. The molecule has 1 aliphatic carbocycles. The lowest BCUT2D eigenvalue weighted by Crippen LogP contribution is -2.40. The molecule has 4 rings (SSSR count). The smallest absolute Gasteiger partial charge is 0.207 e. The Hall–Kier alpha value is -3.35. The SMILES string of the molecule is C=C1NC=CC=C1N1CCC(Nc2ccc(C3=CC(F)=CC(F)C3)cc2)CC1.CC.CCCCNC=O. The van der Waals surface area contributed by atoms with Crippen LogP contribution in [0.5, 0.6) is 0 Å². The highest BCUT2D eigenvalue weighted by Crippen LogP contribution is 2.30. The fourth-order valence-corrected chi connectivity index (χ4v) is 4.29. The van der Waals surface area contributed by atoms with Crippen molar-refractivity contribution in [3.63, 3.8) is 0 Å². The summed E-state index contributed by atoms with van der Waals surface area (Å²) < 4.78 is 27.0. The number of likely N-dealkylation sites (tertiary alicyclic amines) is 1. The number of nitrogens with zero attached hydrogens (tertiary/aromatic N) is 1. The van der Waals surface area contributed by atoms with Gasteiger partial charge in [-0.3, -0.25) is 4.79 Å². The van der Waals surface area contributed by atoms with Gasteiger partial charge in [-0.05, 0) is 66.8 Å². The van der Waals surface area contributed by atoms with E-state index in [1.165, 1.54) is 11.8 Å². The van der Waals surface area contributed by atoms with Gasteiger partial charge in [0, 0.05) is 44.0 Å². The minimum Gasteiger partial charge on any atom is -0.382 e. The number of dihydropyridines is 1. The van der Waals surface area contributed by atoms with E-state index in [2.05, 4.69) is 40.4 Å². The van der Waals surface area contributed by atoms with Crippen LogP contribution < -0.4 is 16.0 Å². The van der Waals surface area contributed by atoms with E-state index in [9.17, 15) is 13.6 Å². The van der Waals surface area contributed by atoms with E-state index in [0.29, 0.717) is 11.6 Å². The fourth-order valence-electron chi connectivity index (χ4n) is 4.29. The van der Waals surface area contributed by atoms with Crippen LogP contribution in [0.4, 0.5) is 14.5 Å². The van der Waals surface area contributed by atoms with Gasteiger partial charge in [-0.2, -0.15) is 0 Å². The van der Waals surface area contributed by atoms with Crippen molar-refractivity contribution in [3.05, 3.63) is 84.1 Å². The number of unbranched alkanes of at least 4 members (excludes halogenated alkanes) is 1. The molecule has 1 atom stereocenters. The first-order valence-electron chi connectivity index (χ1n) is 13.3. The van der Waals surface area contributed by atoms with Crippen molar-refractivity contribution in [3.8, 4) is 0 Å². The molecule has 0 bridgehead atoms. The lowest BCUT2D eigenvalue weighted by Gasteiger charge is -2.36. The van der Waals surface area contributed by atoms with E-state index in [1.807, 2.05) is 50.4 Å². The lowest BCUT2D eigenvalue weighted by molar-refractivity contribution is -0.109.